The van der Waals surface area contributed by atoms with Gasteiger partial charge in [0.1, 0.15) is 21.4 Å². The molecule has 8 heteroatoms. The summed E-state index contributed by atoms with van der Waals surface area (Å²) in [5.74, 6) is -2.26. The summed E-state index contributed by atoms with van der Waals surface area (Å²) in [5.41, 5.74) is 1.22. The Kier molecular flexibility index (Phi) is 4.30. The molecule has 0 aromatic carbocycles. The highest BCUT2D eigenvalue weighted by Gasteiger charge is 2.26. The summed E-state index contributed by atoms with van der Waals surface area (Å²) in [6.45, 7) is 0. The molecule has 0 unspecified atom stereocenters. The van der Waals surface area contributed by atoms with Gasteiger partial charge < -0.3 is 10.2 Å². The zero-order valence-corrected chi connectivity index (χ0v) is 13.2. The highest BCUT2D eigenvalue weighted by Crippen LogP contribution is 2.40. The molecule has 2 heterocycles. The maximum absolute atomic E-state index is 11.3. The zero-order chi connectivity index (χ0) is 15.7. The van der Waals surface area contributed by atoms with E-state index < -0.39 is 23.6 Å². The molecule has 22 heavy (non-hydrogen) atoms. The number of aliphatic carboxylic acids is 2. The average molecular weight is 338 g/mol. The fraction of sp³-hybridized carbons (Fsp3) is 0.429. The van der Waals surface area contributed by atoms with Crippen molar-refractivity contribution >= 4 is 45.3 Å². The van der Waals surface area contributed by atoms with Crippen molar-refractivity contribution in [2.75, 3.05) is 0 Å². The number of thiophene rings is 1. The lowest BCUT2D eigenvalue weighted by Crippen LogP contribution is -2.20. The molecule has 1 atom stereocenters. The normalized spacial score (nSPS) is 15.5. The molecule has 116 valence electrons. The van der Waals surface area contributed by atoms with Crippen molar-refractivity contribution in [2.45, 2.75) is 42.4 Å². The van der Waals surface area contributed by atoms with Gasteiger partial charge in [-0.3, -0.25) is 9.59 Å². The first-order valence-corrected chi connectivity index (χ1v) is 8.62. The van der Waals surface area contributed by atoms with Crippen molar-refractivity contribution < 1.29 is 19.8 Å². The molecule has 0 bridgehead atoms. The smallest absolute Gasteiger partial charge is 0.317 e. The summed E-state index contributed by atoms with van der Waals surface area (Å²) in [4.78, 5) is 32.8. The van der Waals surface area contributed by atoms with Crippen LogP contribution in [0.25, 0.3) is 10.2 Å². The second kappa shape index (κ2) is 6.21. The van der Waals surface area contributed by atoms with Gasteiger partial charge >= 0.3 is 11.9 Å². The van der Waals surface area contributed by atoms with E-state index in [1.54, 1.807) is 11.3 Å². The number of aromatic nitrogens is 2. The van der Waals surface area contributed by atoms with Gasteiger partial charge in [0.25, 0.3) is 0 Å². The number of hydrogen-bond donors (Lipinski definition) is 2. The molecule has 0 amide bonds. The molecule has 0 fully saturated rings. The number of hydrogen-bond acceptors (Lipinski definition) is 6. The Morgan fingerprint density at radius 1 is 1.27 bits per heavy atom. The summed E-state index contributed by atoms with van der Waals surface area (Å²) in [5, 5.41) is 18.5. The van der Waals surface area contributed by atoms with E-state index in [1.807, 2.05) is 0 Å². The molecule has 0 radical (unpaired) electrons. The summed E-state index contributed by atoms with van der Waals surface area (Å²) in [6, 6.07) is 0. The van der Waals surface area contributed by atoms with Crippen molar-refractivity contribution in [2.24, 2.45) is 0 Å². The van der Waals surface area contributed by atoms with E-state index >= 15 is 0 Å². The van der Waals surface area contributed by atoms with E-state index in [-0.39, 0.29) is 0 Å². The molecule has 1 aliphatic rings. The molecule has 2 N–H and O–H groups in total. The van der Waals surface area contributed by atoms with Crippen LogP contribution in [0.1, 0.15) is 29.7 Å². The van der Waals surface area contributed by atoms with Crippen LogP contribution in [0.5, 0.6) is 0 Å². The topological polar surface area (TPSA) is 100 Å². The number of nitrogens with zero attached hydrogens (tertiary/aromatic N) is 2. The van der Waals surface area contributed by atoms with Crippen molar-refractivity contribution in [3.8, 4) is 0 Å². The first-order valence-electron chi connectivity index (χ1n) is 6.92. The maximum Gasteiger partial charge on any atom is 0.317 e. The number of thioether (sulfide) groups is 1. The number of carbonyl (C=O) groups is 2. The molecular formula is C14H14N2O4S2. The quantitative estimate of drug-likeness (QED) is 0.638. The van der Waals surface area contributed by atoms with Gasteiger partial charge in [-0.2, -0.15) is 0 Å². The van der Waals surface area contributed by atoms with Gasteiger partial charge in [0.2, 0.25) is 0 Å². The Bertz CT molecular complexity index is 744. The number of carboxylic acids is 2. The van der Waals surface area contributed by atoms with E-state index in [0.29, 0.717) is 5.03 Å². The molecule has 0 spiro atoms. The van der Waals surface area contributed by atoms with Crippen LogP contribution < -0.4 is 0 Å². The molecule has 2 aromatic heterocycles. The SMILES string of the molecule is O=C(O)C[C@@H](Sc1ncnc2sc3c(c12)CCCC3)C(=O)O. The van der Waals surface area contributed by atoms with Gasteiger partial charge in [0.05, 0.1) is 6.42 Å². The van der Waals surface area contributed by atoms with E-state index in [4.69, 9.17) is 5.11 Å². The fourth-order valence-electron chi connectivity index (χ4n) is 2.62. The highest BCUT2D eigenvalue weighted by atomic mass is 32.2. The van der Waals surface area contributed by atoms with Crippen LogP contribution >= 0.6 is 23.1 Å². The molecule has 6 nitrogen and oxygen atoms in total. The molecule has 0 aliphatic heterocycles. The zero-order valence-electron chi connectivity index (χ0n) is 11.6. The van der Waals surface area contributed by atoms with Crippen LogP contribution in [0, 0.1) is 0 Å². The fourth-order valence-corrected chi connectivity index (χ4v) is 4.96. The second-order valence-corrected chi connectivity index (χ2v) is 7.39. The minimum Gasteiger partial charge on any atom is -0.481 e. The van der Waals surface area contributed by atoms with Gasteiger partial charge in [0, 0.05) is 10.3 Å². The van der Waals surface area contributed by atoms with Gasteiger partial charge in [-0.1, -0.05) is 11.8 Å². The number of fused-ring (bicyclic) bond motifs is 3. The van der Waals surface area contributed by atoms with Crippen LogP contribution in [0.3, 0.4) is 0 Å². The van der Waals surface area contributed by atoms with Crippen molar-refractivity contribution in [3.63, 3.8) is 0 Å². The lowest BCUT2D eigenvalue weighted by Gasteiger charge is -2.13. The molecule has 0 saturated carbocycles. The van der Waals surface area contributed by atoms with E-state index in [0.717, 1.165) is 47.7 Å². The maximum atomic E-state index is 11.3. The Morgan fingerprint density at radius 3 is 2.77 bits per heavy atom. The number of aryl methyl sites for hydroxylation is 2. The van der Waals surface area contributed by atoms with Gasteiger partial charge in [0.15, 0.2) is 0 Å². The molecule has 1 aliphatic carbocycles. The van der Waals surface area contributed by atoms with Crippen LogP contribution in [0.2, 0.25) is 0 Å². The molecule has 0 saturated heterocycles. The predicted molar refractivity (Wildman–Crippen MR) is 83.6 cm³/mol. The Labute approximate surface area is 134 Å². The largest absolute Gasteiger partial charge is 0.481 e. The lowest BCUT2D eigenvalue weighted by molar-refractivity contribution is -0.142. The molecule has 3 rings (SSSR count). The minimum atomic E-state index is -1.14. The highest BCUT2D eigenvalue weighted by molar-refractivity contribution is 8.00. The lowest BCUT2D eigenvalue weighted by atomic mass is 9.97. The van der Waals surface area contributed by atoms with E-state index in [9.17, 15) is 14.7 Å². The van der Waals surface area contributed by atoms with Crippen molar-refractivity contribution in [1.82, 2.24) is 9.97 Å². The average Bonchev–Trinajstić information content (AvgIpc) is 2.85. The third-order valence-corrected chi connectivity index (χ3v) is 5.99. The Morgan fingerprint density at radius 2 is 2.05 bits per heavy atom. The van der Waals surface area contributed by atoms with Crippen molar-refractivity contribution in [1.29, 1.82) is 0 Å². The standard InChI is InChI=1S/C14H14N2O4S2/c17-10(18)5-9(14(19)20)22-13-11-7-3-1-2-4-8(7)21-12(11)15-6-16-13/h6,9H,1-5H2,(H,17,18)(H,19,20)/t9-/m1/s1. The summed E-state index contributed by atoms with van der Waals surface area (Å²) < 4.78 is 0. The van der Waals surface area contributed by atoms with Gasteiger partial charge in [-0.25, -0.2) is 9.97 Å². The van der Waals surface area contributed by atoms with Gasteiger partial charge in [-0.05, 0) is 31.2 Å². The third kappa shape index (κ3) is 2.93. The van der Waals surface area contributed by atoms with Gasteiger partial charge in [-0.15, -0.1) is 11.3 Å². The van der Waals surface area contributed by atoms with E-state index in [1.165, 1.54) is 16.8 Å². The first-order chi connectivity index (χ1) is 10.6. The molecular weight excluding hydrogens is 324 g/mol. The Balaban J connectivity index is 2.01. The molecule has 2 aromatic rings. The van der Waals surface area contributed by atoms with Crippen LogP contribution in [0.4, 0.5) is 0 Å². The number of carboxylic acid groups (broad SMARTS) is 2. The van der Waals surface area contributed by atoms with E-state index in [2.05, 4.69) is 9.97 Å². The summed E-state index contributed by atoms with van der Waals surface area (Å²) in [6.07, 6.45) is 5.23. The second-order valence-electron chi connectivity index (χ2n) is 5.11. The van der Waals surface area contributed by atoms with Crippen LogP contribution in [-0.4, -0.2) is 37.4 Å². The third-order valence-electron chi connectivity index (χ3n) is 3.61. The van der Waals surface area contributed by atoms with Crippen molar-refractivity contribution in [3.05, 3.63) is 16.8 Å². The predicted octanol–water partition coefficient (Wildman–Crippen LogP) is 2.59. The minimum absolute atomic E-state index is 0.433. The summed E-state index contributed by atoms with van der Waals surface area (Å²) in [7, 11) is 0. The Hall–Kier alpha value is -1.67. The monoisotopic (exact) mass is 338 g/mol. The van der Waals surface area contributed by atoms with Crippen LogP contribution in [-0.2, 0) is 22.4 Å². The van der Waals surface area contributed by atoms with Crippen LogP contribution in [0.15, 0.2) is 11.4 Å². The summed E-state index contributed by atoms with van der Waals surface area (Å²) >= 11 is 2.64. The first kappa shape index (κ1) is 15.2. The number of rotatable bonds is 5.